The summed E-state index contributed by atoms with van der Waals surface area (Å²) in [6.07, 6.45) is 13.0. The van der Waals surface area contributed by atoms with Crippen LogP contribution in [-0.2, 0) is 28.5 Å². The lowest BCUT2D eigenvalue weighted by atomic mass is 9.88. The van der Waals surface area contributed by atoms with Crippen molar-refractivity contribution in [2.24, 2.45) is 11.8 Å². The third-order valence-electron chi connectivity index (χ3n) is 8.14. The molecule has 0 rings (SSSR count). The zero-order chi connectivity index (χ0) is 35.6. The molecule has 0 aromatic rings. The van der Waals surface area contributed by atoms with Gasteiger partial charge in [0.15, 0.2) is 30.2 Å². The van der Waals surface area contributed by atoms with Gasteiger partial charge in [-0.2, -0.15) is 11.8 Å². The highest BCUT2D eigenvalue weighted by Crippen LogP contribution is 2.41. The molecular formula is C34H60N3O7PS. The molecule has 1 unspecified atom stereocenters. The first-order valence-corrected chi connectivity index (χ1v) is 19.4. The highest BCUT2D eigenvalue weighted by Gasteiger charge is 2.49. The van der Waals surface area contributed by atoms with Crippen molar-refractivity contribution in [2.75, 3.05) is 31.4 Å². The summed E-state index contributed by atoms with van der Waals surface area (Å²) in [5.74, 6) is -1.13. The van der Waals surface area contributed by atoms with Crippen LogP contribution < -0.4 is 16.0 Å². The number of carbonyl (C=O) groups excluding carboxylic acids is 4. The Morgan fingerprint density at radius 3 is 1.85 bits per heavy atom. The lowest BCUT2D eigenvalue weighted by Crippen LogP contribution is -2.78. The van der Waals surface area contributed by atoms with Crippen molar-refractivity contribution in [3.05, 3.63) is 34.9 Å². The van der Waals surface area contributed by atoms with Gasteiger partial charge in [-0.1, -0.05) is 62.6 Å². The van der Waals surface area contributed by atoms with E-state index in [0.29, 0.717) is 24.6 Å². The van der Waals surface area contributed by atoms with Gasteiger partial charge in [-0.3, -0.25) is 34.4 Å². The van der Waals surface area contributed by atoms with Crippen LogP contribution in [0.3, 0.4) is 0 Å². The highest BCUT2D eigenvalue weighted by molar-refractivity contribution is 7.98. The van der Waals surface area contributed by atoms with Crippen LogP contribution in [0.25, 0.3) is 0 Å². The minimum atomic E-state index is -3.68. The molecule has 0 aliphatic carbocycles. The molecule has 0 aliphatic heterocycles. The summed E-state index contributed by atoms with van der Waals surface area (Å²) < 4.78 is 18.5. The van der Waals surface area contributed by atoms with Crippen molar-refractivity contribution in [1.29, 1.82) is 0 Å². The lowest BCUT2D eigenvalue weighted by molar-refractivity contribution is -0.146. The molecule has 0 saturated carbocycles. The zero-order valence-electron chi connectivity index (χ0n) is 29.7. The van der Waals surface area contributed by atoms with Crippen molar-refractivity contribution in [3.63, 3.8) is 0 Å². The SMILES string of the molecule is CO[C@](C=O)(CCSC)N[C@@](C=O)(N[C@](C=O)(NC(=O)CCP(=O)(O)C/C=C(\C)CC/C=C(\C)CCC=C(C)C)C(C)C)C(C)C. The number of hydrogen-bond acceptors (Lipinski definition) is 9. The van der Waals surface area contributed by atoms with E-state index in [1.807, 2.05) is 13.2 Å². The van der Waals surface area contributed by atoms with E-state index in [2.05, 4.69) is 48.9 Å². The summed E-state index contributed by atoms with van der Waals surface area (Å²) in [7, 11) is -2.32. The molecule has 12 heteroatoms. The number of hydrogen-bond donors (Lipinski definition) is 4. The van der Waals surface area contributed by atoms with E-state index in [9.17, 15) is 28.6 Å². The molecule has 0 radical (unpaired) electrons. The Morgan fingerprint density at radius 1 is 0.848 bits per heavy atom. The molecule has 1 amide bonds. The van der Waals surface area contributed by atoms with Crippen molar-refractivity contribution >= 4 is 43.9 Å². The Morgan fingerprint density at radius 2 is 1.39 bits per heavy atom. The Bertz CT molecular complexity index is 1140. The first kappa shape index (κ1) is 44.1. The number of thioether (sulfide) groups is 1. The molecule has 0 heterocycles. The van der Waals surface area contributed by atoms with Crippen LogP contribution in [-0.4, -0.2) is 78.2 Å². The number of amides is 1. The fourth-order valence-electron chi connectivity index (χ4n) is 4.63. The first-order chi connectivity index (χ1) is 21.4. The molecule has 46 heavy (non-hydrogen) atoms. The van der Waals surface area contributed by atoms with Gasteiger partial charge in [-0.15, -0.1) is 0 Å². The molecule has 0 spiro atoms. The lowest BCUT2D eigenvalue weighted by Gasteiger charge is -2.47. The predicted molar refractivity (Wildman–Crippen MR) is 190 cm³/mol. The average molecular weight is 686 g/mol. The van der Waals surface area contributed by atoms with Crippen molar-refractivity contribution in [3.8, 4) is 0 Å². The number of rotatable bonds is 25. The number of carbonyl (C=O) groups is 4. The maximum Gasteiger partial charge on any atom is 0.222 e. The van der Waals surface area contributed by atoms with Crippen LogP contribution in [0.1, 0.15) is 93.9 Å². The molecule has 4 N–H and O–H groups in total. The second-order valence-corrected chi connectivity index (χ2v) is 16.5. The average Bonchev–Trinajstić information content (AvgIpc) is 3.00. The van der Waals surface area contributed by atoms with Crippen LogP contribution in [0.15, 0.2) is 34.9 Å². The Hall–Kier alpha value is -1.88. The van der Waals surface area contributed by atoms with Crippen LogP contribution in [0, 0.1) is 11.8 Å². The fourth-order valence-corrected chi connectivity index (χ4v) is 6.47. The molecule has 0 fully saturated rings. The van der Waals surface area contributed by atoms with Gasteiger partial charge in [0.25, 0.3) is 0 Å². The topological polar surface area (TPSA) is 151 Å². The van der Waals surface area contributed by atoms with E-state index in [4.69, 9.17) is 4.74 Å². The van der Waals surface area contributed by atoms with Crippen LogP contribution in [0.2, 0.25) is 0 Å². The molecule has 0 saturated heterocycles. The fraction of sp³-hybridized carbons (Fsp3) is 0.706. The van der Waals surface area contributed by atoms with Gasteiger partial charge in [0.2, 0.25) is 13.3 Å². The number of nitrogens with one attached hydrogen (secondary N) is 3. The maximum atomic E-state index is 13.1. The normalized spacial score (nSPS) is 17.8. The molecule has 264 valence electrons. The molecule has 10 nitrogen and oxygen atoms in total. The number of methoxy groups -OCH3 is 1. The Balaban J connectivity index is 5.65. The van der Waals surface area contributed by atoms with E-state index in [1.165, 1.54) is 30.0 Å². The van der Waals surface area contributed by atoms with Gasteiger partial charge in [0, 0.05) is 32.3 Å². The van der Waals surface area contributed by atoms with E-state index in [1.54, 1.807) is 33.8 Å². The van der Waals surface area contributed by atoms with Gasteiger partial charge < -0.3 is 14.9 Å². The second-order valence-electron chi connectivity index (χ2n) is 13.0. The third-order valence-corrected chi connectivity index (χ3v) is 10.4. The van der Waals surface area contributed by atoms with Gasteiger partial charge in [-0.05, 0) is 77.2 Å². The standard InChI is InChI=1S/C34H60N3O7PS/c1-26(2)13-11-14-29(7)15-12-16-30(8)17-20-45(42,43)21-18-31(41)35-33(24-39,27(3)4)37-34(25-40,28(5)6)36-32(23-38,44-9)19-22-46-10/h13,15,17,23-25,27-28,36-37H,11-12,14,16,18-22H2,1-10H3,(H,35,41)(H,42,43)/b29-15+,30-17+/t32-,33-,34-/m0/s1. The minimum absolute atomic E-state index is 0.0526. The first-order valence-electron chi connectivity index (χ1n) is 16.0. The molecular weight excluding hydrogens is 625 g/mol. The smallest absolute Gasteiger partial charge is 0.222 e. The summed E-state index contributed by atoms with van der Waals surface area (Å²) in [5, 5.41) is 8.70. The molecule has 0 aromatic heterocycles. The number of allylic oxidation sites excluding steroid dienone is 6. The summed E-state index contributed by atoms with van der Waals surface area (Å²) in [6, 6.07) is 0. The van der Waals surface area contributed by atoms with Crippen molar-refractivity contribution in [1.82, 2.24) is 16.0 Å². The zero-order valence-corrected chi connectivity index (χ0v) is 31.4. The van der Waals surface area contributed by atoms with Gasteiger partial charge in [0.05, 0.1) is 0 Å². The van der Waals surface area contributed by atoms with Gasteiger partial charge in [0.1, 0.15) is 5.66 Å². The molecule has 0 aromatic carbocycles. The number of ether oxygens (including phenoxy) is 1. The van der Waals surface area contributed by atoms with Crippen molar-refractivity contribution < 1.29 is 33.4 Å². The van der Waals surface area contributed by atoms with E-state index >= 15 is 0 Å². The van der Waals surface area contributed by atoms with E-state index in [0.717, 1.165) is 31.3 Å². The third kappa shape index (κ3) is 15.3. The largest absolute Gasteiger partial charge is 0.357 e. The second kappa shape index (κ2) is 21.2. The molecule has 4 atom stereocenters. The van der Waals surface area contributed by atoms with Gasteiger partial charge in [-0.25, -0.2) is 0 Å². The minimum Gasteiger partial charge on any atom is -0.357 e. The summed E-state index contributed by atoms with van der Waals surface area (Å²) >= 11 is 1.50. The van der Waals surface area contributed by atoms with Crippen LogP contribution >= 0.6 is 19.1 Å². The number of aldehydes is 3. The van der Waals surface area contributed by atoms with Gasteiger partial charge >= 0.3 is 0 Å². The highest BCUT2D eigenvalue weighted by atomic mass is 32.2. The summed E-state index contributed by atoms with van der Waals surface area (Å²) in [4.78, 5) is 61.3. The molecule has 0 bridgehead atoms. The maximum absolute atomic E-state index is 13.1. The van der Waals surface area contributed by atoms with E-state index < -0.39 is 42.2 Å². The van der Waals surface area contributed by atoms with Crippen LogP contribution in [0.4, 0.5) is 0 Å². The van der Waals surface area contributed by atoms with Crippen molar-refractivity contribution in [2.45, 2.75) is 111 Å². The van der Waals surface area contributed by atoms with Crippen LogP contribution in [0.5, 0.6) is 0 Å². The summed E-state index contributed by atoms with van der Waals surface area (Å²) in [5.41, 5.74) is -1.32. The Kier molecular flexibility index (Phi) is 20.3. The monoisotopic (exact) mass is 685 g/mol. The molecule has 0 aliphatic rings. The predicted octanol–water partition coefficient (Wildman–Crippen LogP) is 5.76. The van der Waals surface area contributed by atoms with E-state index in [-0.39, 0.29) is 25.2 Å². The summed E-state index contributed by atoms with van der Waals surface area (Å²) in [6.45, 7) is 15.1. The Labute approximate surface area is 281 Å². The quantitative estimate of drug-likeness (QED) is 0.0404.